The molecule has 0 radical (unpaired) electrons. The van der Waals surface area contributed by atoms with E-state index in [1.54, 1.807) is 13.8 Å². The molecule has 0 saturated heterocycles. The molecule has 0 fully saturated rings. The average molecular weight is 184 g/mol. The summed E-state index contributed by atoms with van der Waals surface area (Å²) >= 11 is 0. The summed E-state index contributed by atoms with van der Waals surface area (Å²) in [5.74, 6) is 0. The van der Waals surface area contributed by atoms with Gasteiger partial charge in [-0.05, 0) is 12.8 Å². The first kappa shape index (κ1) is 14.3. The number of hydrogen-bond acceptors (Lipinski definition) is 0. The third kappa shape index (κ3) is 3.46. The van der Waals surface area contributed by atoms with Gasteiger partial charge in [-0.3, -0.25) is 0 Å². The monoisotopic (exact) mass is 184 g/mol. The fourth-order valence-electron chi connectivity index (χ4n) is 0.651. The highest BCUT2D eigenvalue weighted by Crippen LogP contribution is 2.42. The fourth-order valence-corrected chi connectivity index (χ4v) is 0.651. The lowest BCUT2D eigenvalue weighted by molar-refractivity contribution is -0.220. The highest BCUT2D eigenvalue weighted by atomic mass is 19.4. The average Bonchev–Trinajstić information content (AvgIpc) is 2.05. The van der Waals surface area contributed by atoms with Crippen LogP contribution in [0.5, 0.6) is 0 Å². The van der Waals surface area contributed by atoms with Crippen LogP contribution in [0.3, 0.4) is 0 Å². The van der Waals surface area contributed by atoms with E-state index >= 15 is 0 Å². The van der Waals surface area contributed by atoms with Gasteiger partial charge >= 0.3 is 6.18 Å². The van der Waals surface area contributed by atoms with Crippen LogP contribution in [0.15, 0.2) is 0 Å². The van der Waals surface area contributed by atoms with Gasteiger partial charge in [0.25, 0.3) is 0 Å². The van der Waals surface area contributed by atoms with Crippen LogP contribution in [0.25, 0.3) is 0 Å². The molecule has 0 nitrogen and oxygen atoms in total. The van der Waals surface area contributed by atoms with Crippen LogP contribution in [0.2, 0.25) is 0 Å². The number of rotatable bonds is 2. The van der Waals surface area contributed by atoms with E-state index in [1.165, 1.54) is 6.92 Å². The lowest BCUT2D eigenvalue weighted by atomic mass is 9.84. The summed E-state index contributed by atoms with van der Waals surface area (Å²) in [4.78, 5) is 0. The smallest absolute Gasteiger partial charge is 0.171 e. The standard InChI is InChI=1S/C7H13F3.C2H6/c1-4-6(3,5-2)7(8,9)10;1-2/h4-5H2,1-3H3;1-2H3. The zero-order valence-electron chi connectivity index (χ0n) is 8.55. The summed E-state index contributed by atoms with van der Waals surface area (Å²) in [7, 11) is 0. The second-order valence-electron chi connectivity index (χ2n) is 2.77. The number of alkyl halides is 3. The van der Waals surface area contributed by atoms with Crippen molar-refractivity contribution < 1.29 is 13.2 Å². The van der Waals surface area contributed by atoms with Gasteiger partial charge in [-0.15, -0.1) is 0 Å². The van der Waals surface area contributed by atoms with Crippen molar-refractivity contribution in [2.24, 2.45) is 5.41 Å². The summed E-state index contributed by atoms with van der Waals surface area (Å²) in [6.45, 7) is 8.39. The minimum absolute atomic E-state index is 0.160. The van der Waals surface area contributed by atoms with Gasteiger partial charge in [0.15, 0.2) is 0 Å². The molecule has 76 valence electrons. The first-order valence-electron chi connectivity index (χ1n) is 4.44. The molecule has 0 saturated carbocycles. The van der Waals surface area contributed by atoms with E-state index < -0.39 is 11.6 Å². The maximum Gasteiger partial charge on any atom is 0.394 e. The molecule has 0 amide bonds. The van der Waals surface area contributed by atoms with Gasteiger partial charge in [-0.1, -0.05) is 34.6 Å². The van der Waals surface area contributed by atoms with Crippen LogP contribution < -0.4 is 0 Å². The first-order valence-corrected chi connectivity index (χ1v) is 4.44. The van der Waals surface area contributed by atoms with Gasteiger partial charge in [-0.25, -0.2) is 0 Å². The Bertz CT molecular complexity index is 101. The fraction of sp³-hybridized carbons (Fsp3) is 1.00. The number of halogens is 3. The van der Waals surface area contributed by atoms with E-state index in [9.17, 15) is 13.2 Å². The molecular weight excluding hydrogens is 165 g/mol. The van der Waals surface area contributed by atoms with Gasteiger partial charge in [0, 0.05) is 0 Å². The van der Waals surface area contributed by atoms with E-state index in [2.05, 4.69) is 0 Å². The molecule has 0 spiro atoms. The molecule has 0 atom stereocenters. The molecule has 0 aromatic rings. The van der Waals surface area contributed by atoms with Gasteiger partial charge < -0.3 is 0 Å². The molecule has 0 heterocycles. The van der Waals surface area contributed by atoms with E-state index in [0.29, 0.717) is 0 Å². The highest BCUT2D eigenvalue weighted by Gasteiger charge is 2.47. The molecule has 0 aliphatic heterocycles. The molecule has 12 heavy (non-hydrogen) atoms. The Balaban J connectivity index is 0. The first-order chi connectivity index (χ1) is 5.37. The van der Waals surface area contributed by atoms with Crippen LogP contribution in [0.1, 0.15) is 47.5 Å². The van der Waals surface area contributed by atoms with Crippen molar-refractivity contribution in [1.29, 1.82) is 0 Å². The predicted molar refractivity (Wildman–Crippen MR) is 46.1 cm³/mol. The Morgan fingerprint density at radius 2 is 1.17 bits per heavy atom. The maximum absolute atomic E-state index is 12.1. The van der Waals surface area contributed by atoms with Crippen LogP contribution in [-0.4, -0.2) is 6.18 Å². The summed E-state index contributed by atoms with van der Waals surface area (Å²) in [6, 6.07) is 0. The molecule has 0 aromatic carbocycles. The molecule has 0 bridgehead atoms. The van der Waals surface area contributed by atoms with Gasteiger partial charge in [0.05, 0.1) is 5.41 Å². The third-order valence-corrected chi connectivity index (χ3v) is 2.25. The van der Waals surface area contributed by atoms with E-state index in [1.807, 2.05) is 13.8 Å². The van der Waals surface area contributed by atoms with Gasteiger partial charge in [-0.2, -0.15) is 13.2 Å². The van der Waals surface area contributed by atoms with Gasteiger partial charge in [0.2, 0.25) is 0 Å². The Kier molecular flexibility index (Phi) is 6.49. The van der Waals surface area contributed by atoms with Crippen LogP contribution in [0.4, 0.5) is 13.2 Å². The summed E-state index contributed by atoms with van der Waals surface area (Å²) < 4.78 is 36.3. The normalized spacial score (nSPS) is 12.0. The van der Waals surface area contributed by atoms with E-state index in [-0.39, 0.29) is 12.8 Å². The Hall–Kier alpha value is -0.210. The van der Waals surface area contributed by atoms with E-state index in [0.717, 1.165) is 0 Å². The van der Waals surface area contributed by atoms with E-state index in [4.69, 9.17) is 0 Å². The molecule has 0 aliphatic carbocycles. The third-order valence-electron chi connectivity index (χ3n) is 2.25. The van der Waals surface area contributed by atoms with Crippen LogP contribution in [0, 0.1) is 5.41 Å². The van der Waals surface area contributed by atoms with Crippen molar-refractivity contribution in [3.8, 4) is 0 Å². The Morgan fingerprint density at radius 3 is 1.17 bits per heavy atom. The minimum atomic E-state index is -4.05. The summed E-state index contributed by atoms with van der Waals surface area (Å²) in [6.07, 6.45) is -3.73. The minimum Gasteiger partial charge on any atom is -0.171 e. The molecule has 3 heteroatoms. The quantitative estimate of drug-likeness (QED) is 0.596. The topological polar surface area (TPSA) is 0 Å². The second-order valence-corrected chi connectivity index (χ2v) is 2.77. The summed E-state index contributed by atoms with van der Waals surface area (Å²) in [5.41, 5.74) is -1.48. The highest BCUT2D eigenvalue weighted by molar-refractivity contribution is 4.78. The van der Waals surface area contributed by atoms with Crippen molar-refractivity contribution in [3.63, 3.8) is 0 Å². The lowest BCUT2D eigenvalue weighted by Crippen LogP contribution is -2.33. The van der Waals surface area contributed by atoms with Crippen molar-refractivity contribution >= 4 is 0 Å². The predicted octanol–water partition coefficient (Wildman–Crippen LogP) is 4.40. The molecule has 0 aromatic heterocycles. The van der Waals surface area contributed by atoms with Crippen LogP contribution in [-0.2, 0) is 0 Å². The zero-order chi connectivity index (χ0) is 10.4. The zero-order valence-corrected chi connectivity index (χ0v) is 8.55. The molecule has 0 unspecified atom stereocenters. The second kappa shape index (κ2) is 5.44. The Morgan fingerprint density at radius 1 is 0.917 bits per heavy atom. The molecule has 0 aliphatic rings. The van der Waals surface area contributed by atoms with Crippen molar-refractivity contribution in [1.82, 2.24) is 0 Å². The Labute approximate surface area is 73.2 Å². The molecular formula is C9H19F3. The van der Waals surface area contributed by atoms with Crippen molar-refractivity contribution in [2.45, 2.75) is 53.6 Å². The van der Waals surface area contributed by atoms with Crippen LogP contribution >= 0.6 is 0 Å². The van der Waals surface area contributed by atoms with Gasteiger partial charge in [0.1, 0.15) is 0 Å². The van der Waals surface area contributed by atoms with Crippen molar-refractivity contribution in [3.05, 3.63) is 0 Å². The lowest BCUT2D eigenvalue weighted by Gasteiger charge is -2.29. The maximum atomic E-state index is 12.1. The summed E-state index contributed by atoms with van der Waals surface area (Å²) in [5, 5.41) is 0. The van der Waals surface area contributed by atoms with Crippen molar-refractivity contribution in [2.75, 3.05) is 0 Å². The molecule has 0 N–H and O–H groups in total. The molecule has 0 rings (SSSR count). The SMILES string of the molecule is CC.CCC(C)(CC)C(F)(F)F. The largest absolute Gasteiger partial charge is 0.394 e. The number of hydrogen-bond donors (Lipinski definition) is 0.